The molecule has 1 N–H and O–H groups in total. The smallest absolute Gasteiger partial charge is 0.126 e. The molecule has 1 heteroatoms. The van der Waals surface area contributed by atoms with Gasteiger partial charge in [-0.1, -0.05) is 36.4 Å². The molecule has 58 valence electrons. The highest BCUT2D eigenvalue weighted by Gasteiger charge is 2.00. The molecule has 0 aliphatic rings. The van der Waals surface area contributed by atoms with E-state index in [9.17, 15) is 5.11 Å². The third-order valence-electron chi connectivity index (χ3n) is 1.93. The summed E-state index contributed by atoms with van der Waals surface area (Å²) < 4.78 is 0. The van der Waals surface area contributed by atoms with Gasteiger partial charge in [-0.25, -0.2) is 0 Å². The summed E-state index contributed by atoms with van der Waals surface area (Å²) in [6, 6.07) is 11.2. The van der Waals surface area contributed by atoms with Crippen LogP contribution in [0.15, 0.2) is 36.4 Å². The zero-order valence-corrected chi connectivity index (χ0v) is 6.49. The van der Waals surface area contributed by atoms with Gasteiger partial charge < -0.3 is 5.11 Å². The lowest BCUT2D eigenvalue weighted by Crippen LogP contribution is -1.77. The van der Waals surface area contributed by atoms with Crippen LogP contribution < -0.4 is 0 Å². The van der Waals surface area contributed by atoms with E-state index < -0.39 is 0 Å². The van der Waals surface area contributed by atoms with Crippen molar-refractivity contribution >= 4 is 10.8 Å². The van der Waals surface area contributed by atoms with Crippen molar-refractivity contribution in [3.8, 4) is 5.75 Å². The second-order valence-electron chi connectivity index (χ2n) is 2.72. The van der Waals surface area contributed by atoms with Gasteiger partial charge in [0.2, 0.25) is 0 Å². The van der Waals surface area contributed by atoms with Gasteiger partial charge in [0.25, 0.3) is 0 Å². The van der Waals surface area contributed by atoms with Crippen molar-refractivity contribution in [1.29, 1.82) is 0 Å². The molecular formula is C11H8O. The Morgan fingerprint density at radius 3 is 2.58 bits per heavy atom. The Labute approximate surface area is 71.3 Å². The van der Waals surface area contributed by atoms with Crippen molar-refractivity contribution in [3.63, 3.8) is 0 Å². The highest BCUT2D eigenvalue weighted by atomic mass is 16.3. The van der Waals surface area contributed by atoms with Crippen molar-refractivity contribution in [2.24, 2.45) is 0 Å². The van der Waals surface area contributed by atoms with Crippen LogP contribution in [0.1, 0.15) is 5.56 Å². The van der Waals surface area contributed by atoms with Crippen LogP contribution >= 0.6 is 0 Å². The third kappa shape index (κ3) is 0.944. The van der Waals surface area contributed by atoms with Crippen molar-refractivity contribution in [3.05, 3.63) is 48.9 Å². The standard InChI is InChI=1S/C11H8O/c1-8-6-7-9-4-2-3-5-10(9)11(8)12/h1-7,12H. The summed E-state index contributed by atoms with van der Waals surface area (Å²) in [5.74, 6) is 0.174. The predicted molar refractivity (Wildman–Crippen MR) is 49.0 cm³/mol. The fraction of sp³-hybridized carbons (Fsp3) is 0. The molecule has 0 heterocycles. The lowest BCUT2D eigenvalue weighted by molar-refractivity contribution is 0.479. The van der Waals surface area contributed by atoms with Gasteiger partial charge in [0.15, 0.2) is 0 Å². The molecule has 0 aromatic heterocycles. The Hall–Kier alpha value is -1.50. The molecule has 0 amide bonds. The molecule has 0 atom stereocenters. The fourth-order valence-electron chi connectivity index (χ4n) is 1.27. The molecule has 0 aliphatic heterocycles. The lowest BCUT2D eigenvalue weighted by atomic mass is 10.1. The number of aromatic hydroxyl groups is 1. The Morgan fingerprint density at radius 2 is 1.75 bits per heavy atom. The van der Waals surface area contributed by atoms with Gasteiger partial charge in [0, 0.05) is 12.3 Å². The van der Waals surface area contributed by atoms with Gasteiger partial charge in [-0.3, -0.25) is 0 Å². The van der Waals surface area contributed by atoms with Gasteiger partial charge in [-0.05, 0) is 10.9 Å². The predicted octanol–water partition coefficient (Wildman–Crippen LogP) is 2.60. The van der Waals surface area contributed by atoms with Gasteiger partial charge in [-0.2, -0.15) is 0 Å². The first-order chi connectivity index (χ1) is 5.79. The third-order valence-corrected chi connectivity index (χ3v) is 1.93. The van der Waals surface area contributed by atoms with Crippen LogP contribution in [-0.4, -0.2) is 5.11 Å². The fourth-order valence-corrected chi connectivity index (χ4v) is 1.27. The Balaban J connectivity index is 2.91. The minimum Gasteiger partial charge on any atom is -0.507 e. The molecular weight excluding hydrogens is 148 g/mol. The van der Waals surface area contributed by atoms with Crippen molar-refractivity contribution < 1.29 is 5.11 Å². The average molecular weight is 156 g/mol. The molecule has 0 saturated carbocycles. The van der Waals surface area contributed by atoms with Crippen LogP contribution in [0.4, 0.5) is 0 Å². The highest BCUT2D eigenvalue weighted by Crippen LogP contribution is 2.27. The van der Waals surface area contributed by atoms with Crippen LogP contribution in [0.25, 0.3) is 10.8 Å². The Morgan fingerprint density at radius 1 is 1.00 bits per heavy atom. The normalized spacial score (nSPS) is 10.4. The molecule has 2 aromatic rings. The summed E-state index contributed by atoms with van der Waals surface area (Å²) in [4.78, 5) is 0. The number of hydrogen-bond acceptors (Lipinski definition) is 1. The average Bonchev–Trinajstić information content (AvgIpc) is 2.12. The molecule has 0 aliphatic carbocycles. The van der Waals surface area contributed by atoms with Crippen LogP contribution in [0.2, 0.25) is 0 Å². The quantitative estimate of drug-likeness (QED) is 0.621. The zero-order valence-electron chi connectivity index (χ0n) is 6.49. The zero-order chi connectivity index (χ0) is 8.55. The molecule has 0 bridgehead atoms. The highest BCUT2D eigenvalue weighted by molar-refractivity contribution is 5.89. The summed E-state index contributed by atoms with van der Waals surface area (Å²) >= 11 is 0. The van der Waals surface area contributed by atoms with E-state index in [1.807, 2.05) is 30.3 Å². The van der Waals surface area contributed by atoms with Crippen LogP contribution in [0.3, 0.4) is 0 Å². The Bertz CT molecular complexity index is 418. The Kier molecular flexibility index (Phi) is 1.51. The molecule has 2 radical (unpaired) electrons. The molecule has 1 nitrogen and oxygen atoms in total. The summed E-state index contributed by atoms with van der Waals surface area (Å²) in [5.41, 5.74) is 0.425. The molecule has 0 unspecified atom stereocenters. The van der Waals surface area contributed by atoms with Gasteiger partial charge in [0.05, 0.1) is 0 Å². The number of fused-ring (bicyclic) bond motifs is 1. The molecule has 12 heavy (non-hydrogen) atoms. The maximum Gasteiger partial charge on any atom is 0.126 e. The molecule has 0 fully saturated rings. The SMILES string of the molecule is [CH]c1ccc2ccccc2c1O. The number of benzene rings is 2. The van der Waals surface area contributed by atoms with Crippen molar-refractivity contribution in [2.75, 3.05) is 0 Å². The van der Waals surface area contributed by atoms with E-state index >= 15 is 0 Å². The second-order valence-corrected chi connectivity index (χ2v) is 2.72. The van der Waals surface area contributed by atoms with Crippen LogP contribution in [0.5, 0.6) is 5.75 Å². The number of rotatable bonds is 0. The minimum absolute atomic E-state index is 0.174. The summed E-state index contributed by atoms with van der Waals surface area (Å²) in [6.07, 6.45) is 0. The number of phenolic OH excluding ortho intramolecular Hbond substituents is 1. The van der Waals surface area contributed by atoms with Gasteiger partial charge in [-0.15, -0.1) is 0 Å². The topological polar surface area (TPSA) is 20.2 Å². The largest absolute Gasteiger partial charge is 0.507 e. The molecule has 0 saturated heterocycles. The molecule has 0 spiro atoms. The first-order valence-corrected chi connectivity index (χ1v) is 3.75. The van der Waals surface area contributed by atoms with E-state index in [0.717, 1.165) is 10.8 Å². The van der Waals surface area contributed by atoms with E-state index in [0.29, 0.717) is 5.56 Å². The van der Waals surface area contributed by atoms with Crippen LogP contribution in [-0.2, 0) is 0 Å². The maximum absolute atomic E-state index is 9.53. The molecule has 2 rings (SSSR count). The van der Waals surface area contributed by atoms with Gasteiger partial charge in [0.1, 0.15) is 5.75 Å². The van der Waals surface area contributed by atoms with E-state index in [1.165, 1.54) is 0 Å². The lowest BCUT2D eigenvalue weighted by Gasteiger charge is -2.02. The number of hydrogen-bond donors (Lipinski definition) is 1. The van der Waals surface area contributed by atoms with Crippen LogP contribution in [0, 0.1) is 6.92 Å². The summed E-state index contributed by atoms with van der Waals surface area (Å²) in [7, 11) is 0. The molecule has 2 aromatic carbocycles. The monoisotopic (exact) mass is 156 g/mol. The van der Waals surface area contributed by atoms with Crippen molar-refractivity contribution in [1.82, 2.24) is 0 Å². The van der Waals surface area contributed by atoms with E-state index in [2.05, 4.69) is 0 Å². The van der Waals surface area contributed by atoms with Gasteiger partial charge >= 0.3 is 0 Å². The number of phenols is 1. The van der Waals surface area contributed by atoms with Crippen molar-refractivity contribution in [2.45, 2.75) is 0 Å². The van der Waals surface area contributed by atoms with E-state index in [4.69, 9.17) is 6.92 Å². The summed E-state index contributed by atoms with van der Waals surface area (Å²) in [5, 5.41) is 11.3. The van der Waals surface area contributed by atoms with E-state index in [1.54, 1.807) is 6.07 Å². The first-order valence-electron chi connectivity index (χ1n) is 3.75. The van der Waals surface area contributed by atoms with E-state index in [-0.39, 0.29) is 5.75 Å². The maximum atomic E-state index is 9.53. The minimum atomic E-state index is 0.174. The second kappa shape index (κ2) is 2.52. The first kappa shape index (κ1) is 7.17. The summed E-state index contributed by atoms with van der Waals surface area (Å²) in [6.45, 7) is 5.54.